The first-order chi connectivity index (χ1) is 8.65. The van der Waals surface area contributed by atoms with E-state index in [9.17, 15) is 4.79 Å². The quantitative estimate of drug-likeness (QED) is 0.911. The number of nitrogens with zero attached hydrogens (tertiary/aromatic N) is 3. The normalized spacial score (nSPS) is 10.6. The number of carbonyl (C=O) groups is 1. The highest BCUT2D eigenvalue weighted by atomic mass is 32.1. The van der Waals surface area contributed by atoms with Gasteiger partial charge in [0.2, 0.25) is 5.91 Å². The van der Waals surface area contributed by atoms with Gasteiger partial charge in [-0.1, -0.05) is 0 Å². The van der Waals surface area contributed by atoms with Crippen LogP contribution in [0.25, 0.3) is 11.3 Å². The number of rotatable bonds is 4. The summed E-state index contributed by atoms with van der Waals surface area (Å²) in [7, 11) is 3.70. The third kappa shape index (κ3) is 3.35. The first-order valence-electron chi connectivity index (χ1n) is 5.45. The van der Waals surface area contributed by atoms with Crippen LogP contribution in [-0.2, 0) is 4.79 Å². The minimum absolute atomic E-state index is 0.0629. The number of thiazole rings is 1. The van der Waals surface area contributed by atoms with Gasteiger partial charge in [-0.3, -0.25) is 9.78 Å². The van der Waals surface area contributed by atoms with Gasteiger partial charge in [0.25, 0.3) is 0 Å². The van der Waals surface area contributed by atoms with E-state index in [1.807, 2.05) is 36.5 Å². The van der Waals surface area contributed by atoms with Crippen LogP contribution in [0.4, 0.5) is 5.13 Å². The van der Waals surface area contributed by atoms with Crippen LogP contribution in [0.15, 0.2) is 29.9 Å². The molecule has 0 aromatic carbocycles. The second-order valence-electron chi connectivity index (χ2n) is 4.07. The minimum atomic E-state index is -0.0629. The summed E-state index contributed by atoms with van der Waals surface area (Å²) in [5.74, 6) is -0.0629. The molecule has 2 heterocycles. The molecule has 2 aromatic heterocycles. The monoisotopic (exact) mass is 262 g/mol. The van der Waals surface area contributed by atoms with Gasteiger partial charge in [0.1, 0.15) is 0 Å². The predicted molar refractivity (Wildman–Crippen MR) is 72.5 cm³/mol. The Bertz CT molecular complexity index is 524. The summed E-state index contributed by atoms with van der Waals surface area (Å²) in [5, 5.41) is 5.29. The number of nitrogens with one attached hydrogen (secondary N) is 1. The van der Waals surface area contributed by atoms with Crippen LogP contribution in [0.1, 0.15) is 0 Å². The zero-order valence-corrected chi connectivity index (χ0v) is 11.1. The van der Waals surface area contributed by atoms with Gasteiger partial charge in [-0.25, -0.2) is 4.98 Å². The van der Waals surface area contributed by atoms with Crippen molar-refractivity contribution in [2.75, 3.05) is 26.0 Å². The third-order valence-electron chi connectivity index (χ3n) is 2.17. The maximum Gasteiger partial charge on any atom is 0.240 e. The Hall–Kier alpha value is -1.79. The summed E-state index contributed by atoms with van der Waals surface area (Å²) in [6.45, 7) is 0.349. The van der Waals surface area contributed by atoms with Crippen molar-refractivity contribution in [3.05, 3.63) is 29.9 Å². The van der Waals surface area contributed by atoms with Crippen LogP contribution >= 0.6 is 11.3 Å². The molecule has 1 amide bonds. The Kier molecular flexibility index (Phi) is 4.01. The Morgan fingerprint density at radius 2 is 2.33 bits per heavy atom. The van der Waals surface area contributed by atoms with Crippen molar-refractivity contribution in [1.82, 2.24) is 14.9 Å². The van der Waals surface area contributed by atoms with Crippen molar-refractivity contribution in [1.29, 1.82) is 0 Å². The highest BCUT2D eigenvalue weighted by molar-refractivity contribution is 7.14. The number of likely N-dealkylation sites (N-methyl/N-ethyl adjacent to an activating group) is 1. The highest BCUT2D eigenvalue weighted by Gasteiger charge is 2.08. The number of hydrogen-bond acceptors (Lipinski definition) is 5. The highest BCUT2D eigenvalue weighted by Crippen LogP contribution is 2.23. The summed E-state index contributed by atoms with van der Waals surface area (Å²) in [6, 6.07) is 3.80. The number of carbonyl (C=O) groups excluding carboxylic acids is 1. The molecule has 2 aromatic rings. The van der Waals surface area contributed by atoms with E-state index in [4.69, 9.17) is 0 Å². The molecule has 0 spiro atoms. The maximum atomic E-state index is 11.6. The first kappa shape index (κ1) is 12.7. The lowest BCUT2D eigenvalue weighted by Crippen LogP contribution is -2.26. The Morgan fingerprint density at radius 1 is 1.50 bits per heavy atom. The Balaban J connectivity index is 2.05. The maximum absolute atomic E-state index is 11.6. The van der Waals surface area contributed by atoms with E-state index in [2.05, 4.69) is 15.3 Å². The van der Waals surface area contributed by atoms with Crippen molar-refractivity contribution < 1.29 is 4.79 Å². The van der Waals surface area contributed by atoms with E-state index < -0.39 is 0 Å². The molecule has 0 radical (unpaired) electrons. The lowest BCUT2D eigenvalue weighted by molar-refractivity contribution is -0.116. The molecule has 0 aliphatic carbocycles. The lowest BCUT2D eigenvalue weighted by Gasteiger charge is -2.07. The number of pyridine rings is 1. The van der Waals surface area contributed by atoms with Crippen molar-refractivity contribution in [2.45, 2.75) is 0 Å². The van der Waals surface area contributed by atoms with E-state index >= 15 is 0 Å². The molecule has 0 fully saturated rings. The van der Waals surface area contributed by atoms with Gasteiger partial charge in [0.15, 0.2) is 5.13 Å². The van der Waals surface area contributed by atoms with Crippen molar-refractivity contribution in [3.63, 3.8) is 0 Å². The molecule has 0 unspecified atom stereocenters. The largest absolute Gasteiger partial charge is 0.301 e. The summed E-state index contributed by atoms with van der Waals surface area (Å²) >= 11 is 1.41. The Labute approximate surface area is 109 Å². The van der Waals surface area contributed by atoms with Gasteiger partial charge in [-0.2, -0.15) is 0 Å². The van der Waals surface area contributed by atoms with Gasteiger partial charge in [0.05, 0.1) is 12.2 Å². The SMILES string of the molecule is CN(C)CC(=O)Nc1nc(-c2cccnc2)cs1. The summed E-state index contributed by atoms with van der Waals surface area (Å²) in [5.41, 5.74) is 1.77. The number of hydrogen-bond donors (Lipinski definition) is 1. The fourth-order valence-electron chi connectivity index (χ4n) is 1.42. The average molecular weight is 262 g/mol. The van der Waals surface area contributed by atoms with Crippen LogP contribution in [0.3, 0.4) is 0 Å². The second kappa shape index (κ2) is 5.70. The smallest absolute Gasteiger partial charge is 0.240 e. The van der Waals surface area contributed by atoms with Gasteiger partial charge >= 0.3 is 0 Å². The van der Waals surface area contributed by atoms with Crippen LogP contribution < -0.4 is 5.32 Å². The van der Waals surface area contributed by atoms with E-state index in [0.717, 1.165) is 11.3 Å². The fourth-order valence-corrected chi connectivity index (χ4v) is 2.16. The predicted octanol–water partition coefficient (Wildman–Crippen LogP) is 1.71. The molecule has 2 rings (SSSR count). The topological polar surface area (TPSA) is 58.1 Å². The van der Waals surface area contributed by atoms with Gasteiger partial charge in [-0.05, 0) is 26.2 Å². The molecule has 0 saturated heterocycles. The third-order valence-corrected chi connectivity index (χ3v) is 2.93. The number of aromatic nitrogens is 2. The van der Waals surface area contributed by atoms with Crippen molar-refractivity contribution in [2.24, 2.45) is 0 Å². The van der Waals surface area contributed by atoms with E-state index in [0.29, 0.717) is 11.7 Å². The molecule has 0 bridgehead atoms. The van der Waals surface area contributed by atoms with E-state index in [-0.39, 0.29) is 5.91 Å². The van der Waals surface area contributed by atoms with Gasteiger partial charge in [-0.15, -0.1) is 11.3 Å². The summed E-state index contributed by atoms with van der Waals surface area (Å²) in [6.07, 6.45) is 3.47. The summed E-state index contributed by atoms with van der Waals surface area (Å²) in [4.78, 5) is 21.8. The first-order valence-corrected chi connectivity index (χ1v) is 6.33. The molecule has 5 nitrogen and oxygen atoms in total. The molecule has 18 heavy (non-hydrogen) atoms. The van der Waals surface area contributed by atoms with Crippen LogP contribution in [-0.4, -0.2) is 41.4 Å². The van der Waals surface area contributed by atoms with Gasteiger partial charge in [0, 0.05) is 23.3 Å². The molecule has 0 saturated carbocycles. The molecule has 0 aliphatic heterocycles. The number of amides is 1. The fraction of sp³-hybridized carbons (Fsp3) is 0.250. The zero-order chi connectivity index (χ0) is 13.0. The zero-order valence-electron chi connectivity index (χ0n) is 10.3. The Morgan fingerprint density at radius 3 is 3.00 bits per heavy atom. The molecule has 0 atom stereocenters. The standard InChI is InChI=1S/C12H14N4OS/c1-16(2)7-11(17)15-12-14-10(8-18-12)9-4-3-5-13-6-9/h3-6,8H,7H2,1-2H3,(H,14,15,17). The summed E-state index contributed by atoms with van der Waals surface area (Å²) < 4.78 is 0. The van der Waals surface area contributed by atoms with Crippen LogP contribution in [0.2, 0.25) is 0 Å². The van der Waals surface area contributed by atoms with Crippen molar-refractivity contribution >= 4 is 22.4 Å². The van der Waals surface area contributed by atoms with Crippen molar-refractivity contribution in [3.8, 4) is 11.3 Å². The van der Waals surface area contributed by atoms with Crippen LogP contribution in [0.5, 0.6) is 0 Å². The minimum Gasteiger partial charge on any atom is -0.301 e. The van der Waals surface area contributed by atoms with Crippen LogP contribution in [0, 0.1) is 0 Å². The molecular formula is C12H14N4OS. The van der Waals surface area contributed by atoms with Gasteiger partial charge < -0.3 is 10.2 Å². The van der Waals surface area contributed by atoms with E-state index in [1.54, 1.807) is 12.4 Å². The molecule has 94 valence electrons. The molecule has 6 heteroatoms. The average Bonchev–Trinajstić information content (AvgIpc) is 2.77. The second-order valence-corrected chi connectivity index (χ2v) is 4.92. The molecule has 0 aliphatic rings. The lowest BCUT2D eigenvalue weighted by atomic mass is 10.2. The molecule has 1 N–H and O–H groups in total. The van der Waals surface area contributed by atoms with E-state index in [1.165, 1.54) is 11.3 Å². The number of anilines is 1. The molecular weight excluding hydrogens is 248 g/mol.